The van der Waals surface area contributed by atoms with Gasteiger partial charge in [0.25, 0.3) is 0 Å². The van der Waals surface area contributed by atoms with Gasteiger partial charge in [0.05, 0.1) is 0 Å². The van der Waals surface area contributed by atoms with E-state index in [1.807, 2.05) is 6.92 Å². The number of aliphatic carboxylic acids is 1. The van der Waals surface area contributed by atoms with E-state index in [1.165, 1.54) is 12.8 Å². The van der Waals surface area contributed by atoms with Crippen LogP contribution in [0.5, 0.6) is 0 Å². The monoisotopic (exact) mass is 296 g/mol. The van der Waals surface area contributed by atoms with Gasteiger partial charge in [0.15, 0.2) is 0 Å². The van der Waals surface area contributed by atoms with Crippen LogP contribution in [0, 0.1) is 0 Å². The highest BCUT2D eigenvalue weighted by Gasteiger charge is 2.38. The summed E-state index contributed by atoms with van der Waals surface area (Å²) in [6.45, 7) is 2.61. The number of ether oxygens (including phenoxy) is 1. The molecule has 1 aliphatic rings. The van der Waals surface area contributed by atoms with Gasteiger partial charge in [-0.05, 0) is 26.2 Å². The lowest BCUT2D eigenvalue weighted by molar-refractivity contribution is -0.137. The zero-order valence-corrected chi connectivity index (χ0v) is 12.6. The third kappa shape index (κ3) is 4.27. The van der Waals surface area contributed by atoms with Crippen molar-refractivity contribution in [1.82, 2.24) is 10.1 Å². The molecule has 0 radical (unpaired) electrons. The number of carboxylic acids is 1. The highest BCUT2D eigenvalue weighted by molar-refractivity contribution is 5.66. The normalized spacial score (nSPS) is 18.3. The fourth-order valence-electron chi connectivity index (χ4n) is 2.94. The second-order valence-electron chi connectivity index (χ2n) is 5.60. The van der Waals surface area contributed by atoms with E-state index >= 15 is 0 Å². The molecule has 21 heavy (non-hydrogen) atoms. The topological polar surface area (TPSA) is 85.5 Å². The van der Waals surface area contributed by atoms with Crippen molar-refractivity contribution in [3.05, 3.63) is 11.7 Å². The Morgan fingerprint density at radius 3 is 2.67 bits per heavy atom. The van der Waals surface area contributed by atoms with E-state index < -0.39 is 11.6 Å². The number of aryl methyl sites for hydroxylation is 1. The molecule has 0 aromatic carbocycles. The Labute approximate surface area is 124 Å². The first kappa shape index (κ1) is 15.9. The summed E-state index contributed by atoms with van der Waals surface area (Å²) in [6.07, 6.45) is 7.65. The molecule has 1 aromatic rings. The fourth-order valence-corrected chi connectivity index (χ4v) is 2.94. The van der Waals surface area contributed by atoms with Crippen molar-refractivity contribution >= 4 is 5.97 Å². The smallest absolute Gasteiger partial charge is 0.303 e. The van der Waals surface area contributed by atoms with Crippen molar-refractivity contribution < 1.29 is 19.2 Å². The van der Waals surface area contributed by atoms with Gasteiger partial charge >= 0.3 is 5.97 Å². The van der Waals surface area contributed by atoms with Crippen LogP contribution < -0.4 is 0 Å². The van der Waals surface area contributed by atoms with Gasteiger partial charge < -0.3 is 14.4 Å². The van der Waals surface area contributed by atoms with E-state index in [9.17, 15) is 4.79 Å². The minimum Gasteiger partial charge on any atom is -0.481 e. The van der Waals surface area contributed by atoms with Crippen LogP contribution in [0.25, 0.3) is 0 Å². The summed E-state index contributed by atoms with van der Waals surface area (Å²) in [6, 6.07) is 0. The number of rotatable bonds is 7. The maximum Gasteiger partial charge on any atom is 0.303 e. The van der Waals surface area contributed by atoms with Crippen LogP contribution in [0.15, 0.2) is 4.52 Å². The Kier molecular flexibility index (Phi) is 5.73. The van der Waals surface area contributed by atoms with E-state index in [0.29, 0.717) is 31.2 Å². The van der Waals surface area contributed by atoms with E-state index in [4.69, 9.17) is 14.4 Å². The largest absolute Gasteiger partial charge is 0.481 e. The summed E-state index contributed by atoms with van der Waals surface area (Å²) in [4.78, 5) is 15.0. The summed E-state index contributed by atoms with van der Waals surface area (Å²) < 4.78 is 11.3. The number of carboxylic acid groups (broad SMARTS) is 1. The van der Waals surface area contributed by atoms with Crippen molar-refractivity contribution in [2.45, 2.75) is 70.3 Å². The van der Waals surface area contributed by atoms with Crippen LogP contribution in [0.4, 0.5) is 0 Å². The molecule has 1 fully saturated rings. The molecule has 1 N–H and O–H groups in total. The van der Waals surface area contributed by atoms with Gasteiger partial charge in [0.2, 0.25) is 11.7 Å². The second-order valence-corrected chi connectivity index (χ2v) is 5.60. The Hall–Kier alpha value is -1.43. The van der Waals surface area contributed by atoms with Gasteiger partial charge in [-0.3, -0.25) is 4.79 Å². The van der Waals surface area contributed by atoms with Crippen molar-refractivity contribution in [1.29, 1.82) is 0 Å². The van der Waals surface area contributed by atoms with Crippen LogP contribution in [0.3, 0.4) is 0 Å². The summed E-state index contributed by atoms with van der Waals surface area (Å²) in [5, 5.41) is 12.8. The van der Waals surface area contributed by atoms with Crippen LogP contribution >= 0.6 is 0 Å². The molecule has 6 heteroatoms. The molecule has 2 rings (SSSR count). The van der Waals surface area contributed by atoms with E-state index in [1.54, 1.807) is 0 Å². The van der Waals surface area contributed by atoms with Crippen LogP contribution in [0.1, 0.15) is 70.0 Å². The zero-order chi connectivity index (χ0) is 15.1. The lowest BCUT2D eigenvalue weighted by Gasteiger charge is -2.29. The molecular weight excluding hydrogens is 272 g/mol. The quantitative estimate of drug-likeness (QED) is 0.778. The first-order valence-electron chi connectivity index (χ1n) is 7.85. The second kappa shape index (κ2) is 7.54. The van der Waals surface area contributed by atoms with Crippen LogP contribution in [-0.4, -0.2) is 27.8 Å². The highest BCUT2D eigenvalue weighted by Crippen LogP contribution is 2.38. The molecule has 0 bridgehead atoms. The van der Waals surface area contributed by atoms with Gasteiger partial charge in [-0.15, -0.1) is 0 Å². The molecule has 0 aliphatic heterocycles. The Balaban J connectivity index is 2.06. The summed E-state index contributed by atoms with van der Waals surface area (Å²) in [5.41, 5.74) is -0.417. The molecule has 1 aromatic heterocycles. The fraction of sp³-hybridized carbons (Fsp3) is 0.800. The molecule has 1 saturated carbocycles. The average molecular weight is 296 g/mol. The molecule has 0 unspecified atom stereocenters. The van der Waals surface area contributed by atoms with Crippen LogP contribution in [-0.2, 0) is 21.6 Å². The lowest BCUT2D eigenvalue weighted by atomic mass is 9.93. The average Bonchev–Trinajstić information content (AvgIpc) is 2.79. The van der Waals surface area contributed by atoms with Crippen molar-refractivity contribution in [3.63, 3.8) is 0 Å². The van der Waals surface area contributed by atoms with Crippen molar-refractivity contribution in [2.75, 3.05) is 6.61 Å². The van der Waals surface area contributed by atoms with Gasteiger partial charge in [0.1, 0.15) is 5.60 Å². The molecule has 1 aliphatic carbocycles. The minimum atomic E-state index is -0.802. The summed E-state index contributed by atoms with van der Waals surface area (Å²) in [5.74, 6) is 0.343. The van der Waals surface area contributed by atoms with E-state index in [0.717, 1.165) is 25.7 Å². The van der Waals surface area contributed by atoms with Gasteiger partial charge in [-0.2, -0.15) is 4.98 Å². The lowest BCUT2D eigenvalue weighted by Crippen LogP contribution is -2.30. The molecule has 1 heterocycles. The molecule has 0 spiro atoms. The van der Waals surface area contributed by atoms with Crippen molar-refractivity contribution in [3.8, 4) is 0 Å². The summed E-state index contributed by atoms with van der Waals surface area (Å²) in [7, 11) is 0. The number of hydrogen-bond donors (Lipinski definition) is 1. The van der Waals surface area contributed by atoms with E-state index in [2.05, 4.69) is 10.1 Å². The molecule has 0 saturated heterocycles. The number of aromatic nitrogens is 2. The van der Waals surface area contributed by atoms with Crippen LogP contribution in [0.2, 0.25) is 0 Å². The van der Waals surface area contributed by atoms with E-state index in [-0.39, 0.29) is 6.42 Å². The standard InChI is InChI=1S/C15H24N2O4/c1-2-20-15(10-5-3-4-6-11-15)14-16-12(21-17-14)8-7-9-13(18)19/h2-11H2,1H3,(H,18,19). The predicted octanol–water partition coefficient (Wildman–Crippen LogP) is 3.06. The highest BCUT2D eigenvalue weighted by atomic mass is 16.5. The molecule has 0 atom stereocenters. The molecule has 0 amide bonds. The third-order valence-electron chi connectivity index (χ3n) is 3.99. The van der Waals surface area contributed by atoms with Gasteiger partial charge in [-0.1, -0.05) is 30.8 Å². The molecule has 6 nitrogen and oxygen atoms in total. The summed E-state index contributed by atoms with van der Waals surface area (Å²) >= 11 is 0. The first-order valence-corrected chi connectivity index (χ1v) is 7.85. The maximum absolute atomic E-state index is 10.5. The SMILES string of the molecule is CCOC1(c2noc(CCCC(=O)O)n2)CCCCCC1. The minimum absolute atomic E-state index is 0.119. The maximum atomic E-state index is 10.5. The Morgan fingerprint density at radius 2 is 2.05 bits per heavy atom. The predicted molar refractivity (Wildman–Crippen MR) is 75.9 cm³/mol. The first-order chi connectivity index (χ1) is 10.2. The number of nitrogens with zero attached hydrogens (tertiary/aromatic N) is 2. The number of hydrogen-bond acceptors (Lipinski definition) is 5. The van der Waals surface area contributed by atoms with Crippen molar-refractivity contribution in [2.24, 2.45) is 0 Å². The Bertz CT molecular complexity index is 450. The molecular formula is C15H24N2O4. The van der Waals surface area contributed by atoms with Gasteiger partial charge in [-0.25, -0.2) is 0 Å². The molecule has 118 valence electrons. The zero-order valence-electron chi connectivity index (χ0n) is 12.6. The Morgan fingerprint density at radius 1 is 1.33 bits per heavy atom. The van der Waals surface area contributed by atoms with Gasteiger partial charge in [0, 0.05) is 19.4 Å². The third-order valence-corrected chi connectivity index (χ3v) is 3.99. The number of carbonyl (C=O) groups is 1.